The maximum absolute atomic E-state index is 11.3. The highest BCUT2D eigenvalue weighted by molar-refractivity contribution is 5.82. The van der Waals surface area contributed by atoms with Gasteiger partial charge in [-0.3, -0.25) is 0 Å². The van der Waals surface area contributed by atoms with Crippen molar-refractivity contribution in [2.24, 2.45) is 5.92 Å². The van der Waals surface area contributed by atoms with Crippen molar-refractivity contribution < 1.29 is 14.6 Å². The van der Waals surface area contributed by atoms with Gasteiger partial charge in [-0.25, -0.2) is 0 Å². The normalized spacial score (nSPS) is 17.7. The Bertz CT molecular complexity index is 1010. The zero-order valence-corrected chi connectivity index (χ0v) is 19.7. The Balaban J connectivity index is 2.26. The number of aliphatic hydroxyl groups is 1. The maximum atomic E-state index is 11.3. The Morgan fingerprint density at radius 2 is 1.58 bits per heavy atom. The van der Waals surface area contributed by atoms with Gasteiger partial charge >= 0.3 is 0 Å². The second-order valence-corrected chi connectivity index (χ2v) is 10.1. The summed E-state index contributed by atoms with van der Waals surface area (Å²) in [4.78, 5) is 0. The number of methoxy groups -OCH3 is 1. The first-order valence-electron chi connectivity index (χ1n) is 10.7. The third kappa shape index (κ3) is 4.56. The first kappa shape index (κ1) is 22.7. The van der Waals surface area contributed by atoms with E-state index in [1.165, 1.54) is 0 Å². The molecule has 3 heteroatoms. The van der Waals surface area contributed by atoms with Crippen LogP contribution in [0.25, 0.3) is 11.6 Å². The van der Waals surface area contributed by atoms with Crippen molar-refractivity contribution >= 4 is 11.6 Å². The van der Waals surface area contributed by atoms with Gasteiger partial charge in [-0.05, 0) is 34.1 Å². The fraction of sp³-hybridized carbons (Fsp3) is 0.357. The maximum Gasteiger partial charge on any atom is 0.287 e. The lowest BCUT2D eigenvalue weighted by Gasteiger charge is -2.30. The van der Waals surface area contributed by atoms with Gasteiger partial charge in [-0.15, -0.1) is 6.58 Å². The summed E-state index contributed by atoms with van der Waals surface area (Å²) >= 11 is 0. The molecule has 0 amide bonds. The van der Waals surface area contributed by atoms with Crippen LogP contribution in [-0.2, 0) is 10.8 Å². The Labute approximate surface area is 186 Å². The second-order valence-electron chi connectivity index (χ2n) is 10.1. The Morgan fingerprint density at radius 1 is 1.00 bits per heavy atom. The summed E-state index contributed by atoms with van der Waals surface area (Å²) in [7, 11) is 1.67. The molecule has 0 radical (unpaired) electrons. The molecule has 31 heavy (non-hydrogen) atoms. The lowest BCUT2D eigenvalue weighted by atomic mass is 9.79. The van der Waals surface area contributed by atoms with E-state index in [4.69, 9.17) is 9.47 Å². The topological polar surface area (TPSA) is 38.7 Å². The average molecular weight is 419 g/mol. The summed E-state index contributed by atoms with van der Waals surface area (Å²) in [6.45, 7) is 16.8. The van der Waals surface area contributed by atoms with E-state index in [1.807, 2.05) is 48.6 Å². The van der Waals surface area contributed by atoms with E-state index in [9.17, 15) is 5.11 Å². The molecule has 0 heterocycles. The van der Waals surface area contributed by atoms with Crippen LogP contribution in [0.5, 0.6) is 11.5 Å². The molecule has 0 spiro atoms. The van der Waals surface area contributed by atoms with Crippen molar-refractivity contribution in [3.63, 3.8) is 0 Å². The molecule has 0 aliphatic heterocycles. The minimum Gasteiger partial charge on any atom is -0.497 e. The van der Waals surface area contributed by atoms with E-state index in [-0.39, 0.29) is 22.7 Å². The number of benzene rings is 2. The van der Waals surface area contributed by atoms with Crippen molar-refractivity contribution in [1.29, 1.82) is 0 Å². The third-order valence-corrected chi connectivity index (χ3v) is 5.66. The number of allylic oxidation sites excluding steroid dienone is 3. The third-order valence-electron chi connectivity index (χ3n) is 5.66. The van der Waals surface area contributed by atoms with Crippen LogP contribution in [0.4, 0.5) is 0 Å². The van der Waals surface area contributed by atoms with Crippen LogP contribution >= 0.6 is 0 Å². The van der Waals surface area contributed by atoms with Gasteiger partial charge < -0.3 is 14.6 Å². The number of hydrogen-bond donors (Lipinski definition) is 1. The zero-order chi connectivity index (χ0) is 23.0. The second kappa shape index (κ2) is 8.30. The molecule has 3 nitrogen and oxygen atoms in total. The van der Waals surface area contributed by atoms with Crippen molar-refractivity contribution in [1.82, 2.24) is 0 Å². The number of fused-ring (bicyclic) bond motifs is 1. The van der Waals surface area contributed by atoms with Gasteiger partial charge in [-0.2, -0.15) is 0 Å². The molecule has 0 unspecified atom stereocenters. The molecule has 0 fully saturated rings. The van der Waals surface area contributed by atoms with Crippen molar-refractivity contribution in [3.8, 4) is 11.5 Å². The van der Waals surface area contributed by atoms with Gasteiger partial charge in [0.25, 0.3) is 5.95 Å². The summed E-state index contributed by atoms with van der Waals surface area (Å²) in [5.74, 6) is 1.23. The summed E-state index contributed by atoms with van der Waals surface area (Å²) in [5, 5.41) is 11.3. The van der Waals surface area contributed by atoms with Crippen LogP contribution in [0.3, 0.4) is 0 Å². The minimum atomic E-state index is -0.211. The molecule has 3 rings (SSSR count). The SMILES string of the molecule is C=C[C@H]1C=Cc2ccccc2/C1=C(/O)Oc1c(C(C)(C)C)cc(OC)cc1C(C)(C)C. The van der Waals surface area contributed by atoms with Gasteiger partial charge in [0.2, 0.25) is 0 Å². The van der Waals surface area contributed by atoms with E-state index in [2.05, 4.69) is 54.2 Å². The molecule has 0 saturated carbocycles. The molecular weight excluding hydrogens is 384 g/mol. The minimum absolute atomic E-state index is 0.0946. The van der Waals surface area contributed by atoms with Gasteiger partial charge in [0, 0.05) is 17.0 Å². The Hall–Kier alpha value is -2.94. The highest BCUT2D eigenvalue weighted by Crippen LogP contribution is 2.44. The van der Waals surface area contributed by atoms with E-state index in [0.717, 1.165) is 33.6 Å². The quantitative estimate of drug-likeness (QED) is 0.414. The summed E-state index contributed by atoms with van der Waals surface area (Å²) in [6, 6.07) is 12.0. The highest BCUT2D eigenvalue weighted by Gasteiger charge is 2.31. The molecule has 0 bridgehead atoms. The number of aliphatic hydroxyl groups excluding tert-OH is 1. The van der Waals surface area contributed by atoms with Crippen LogP contribution in [0.2, 0.25) is 0 Å². The number of ether oxygens (including phenoxy) is 2. The smallest absolute Gasteiger partial charge is 0.287 e. The number of rotatable bonds is 4. The van der Waals surface area contributed by atoms with Crippen LogP contribution in [-0.4, -0.2) is 12.2 Å². The zero-order valence-electron chi connectivity index (χ0n) is 19.7. The molecule has 2 aromatic carbocycles. The van der Waals surface area contributed by atoms with E-state index >= 15 is 0 Å². The van der Waals surface area contributed by atoms with Gasteiger partial charge in [-0.1, -0.05) is 84.0 Å². The van der Waals surface area contributed by atoms with Crippen molar-refractivity contribution in [3.05, 3.63) is 83.3 Å². The lowest BCUT2D eigenvalue weighted by Crippen LogP contribution is -2.20. The van der Waals surface area contributed by atoms with Gasteiger partial charge in [0.1, 0.15) is 11.5 Å². The van der Waals surface area contributed by atoms with E-state index in [1.54, 1.807) is 7.11 Å². The summed E-state index contributed by atoms with van der Waals surface area (Å²) < 4.78 is 11.9. The van der Waals surface area contributed by atoms with Crippen molar-refractivity contribution in [2.75, 3.05) is 7.11 Å². The summed E-state index contributed by atoms with van der Waals surface area (Å²) in [6.07, 6.45) is 5.92. The molecule has 2 aromatic rings. The van der Waals surface area contributed by atoms with Crippen molar-refractivity contribution in [2.45, 2.75) is 52.4 Å². The Morgan fingerprint density at radius 3 is 2.10 bits per heavy atom. The molecular formula is C28H34O3. The highest BCUT2D eigenvalue weighted by atomic mass is 16.6. The predicted molar refractivity (Wildman–Crippen MR) is 130 cm³/mol. The van der Waals surface area contributed by atoms with Crippen LogP contribution < -0.4 is 9.47 Å². The molecule has 1 atom stereocenters. The van der Waals surface area contributed by atoms with E-state index in [0.29, 0.717) is 5.75 Å². The van der Waals surface area contributed by atoms with E-state index < -0.39 is 0 Å². The largest absolute Gasteiger partial charge is 0.497 e. The molecule has 0 aromatic heterocycles. The molecule has 1 aliphatic rings. The molecule has 0 saturated heterocycles. The van der Waals surface area contributed by atoms with Gasteiger partial charge in [0.05, 0.1) is 12.7 Å². The monoisotopic (exact) mass is 418 g/mol. The van der Waals surface area contributed by atoms with Gasteiger partial charge in [0.15, 0.2) is 0 Å². The molecule has 164 valence electrons. The fourth-order valence-corrected chi connectivity index (χ4v) is 3.92. The molecule has 1 N–H and O–H groups in total. The average Bonchev–Trinajstić information content (AvgIpc) is 2.71. The van der Waals surface area contributed by atoms with Crippen LogP contribution in [0, 0.1) is 5.92 Å². The predicted octanol–water partition coefficient (Wildman–Crippen LogP) is 7.42. The summed E-state index contributed by atoms with van der Waals surface area (Å²) in [5.41, 5.74) is 4.28. The fourth-order valence-electron chi connectivity index (χ4n) is 3.92. The molecule has 1 aliphatic carbocycles. The first-order chi connectivity index (χ1) is 14.5. The standard InChI is InChI=1S/C28H34O3/c1-9-18-14-15-19-12-10-11-13-21(19)24(18)26(29)31-25-22(27(2,3)4)16-20(30-8)17-23(25)28(5,6)7/h9-18,29H,1H2,2-8H3/b26-24-/t18-/m0/s1. The lowest BCUT2D eigenvalue weighted by molar-refractivity contribution is 0.203. The number of hydrogen-bond acceptors (Lipinski definition) is 3. The first-order valence-corrected chi connectivity index (χ1v) is 10.7. The van der Waals surface area contributed by atoms with Crippen LogP contribution in [0.1, 0.15) is 63.8 Å². The Kier molecular flexibility index (Phi) is 6.09. The van der Waals surface area contributed by atoms with Crippen LogP contribution in [0.15, 0.2) is 61.1 Å².